The first kappa shape index (κ1) is 23.3. The van der Waals surface area contributed by atoms with Crippen LogP contribution in [0.15, 0.2) is 93.6 Å². The molecule has 0 aliphatic heterocycles. The number of nitro groups is 1. The number of carbonyl (C=O) groups excluding carboxylic acids is 1. The molecule has 0 spiro atoms. The third-order valence-electron chi connectivity index (χ3n) is 4.59. The zero-order chi connectivity index (χ0) is 23.9. The minimum absolute atomic E-state index is 0.0115. The van der Waals surface area contributed by atoms with Gasteiger partial charge < -0.3 is 0 Å². The van der Waals surface area contributed by atoms with Crippen molar-refractivity contribution in [3.05, 3.63) is 99.0 Å². The van der Waals surface area contributed by atoms with E-state index in [2.05, 4.69) is 36.7 Å². The van der Waals surface area contributed by atoms with Crippen LogP contribution in [0.2, 0.25) is 0 Å². The second-order valence-corrected chi connectivity index (χ2v) is 8.77. The summed E-state index contributed by atoms with van der Waals surface area (Å²) >= 11 is 4.68. The van der Waals surface area contributed by atoms with Crippen molar-refractivity contribution < 1.29 is 9.72 Å². The molecule has 1 aromatic heterocycles. The van der Waals surface area contributed by atoms with E-state index in [1.54, 1.807) is 12.1 Å². The first-order valence-corrected chi connectivity index (χ1v) is 11.7. The Balaban J connectivity index is 1.45. The van der Waals surface area contributed by atoms with E-state index in [1.165, 1.54) is 30.1 Å². The number of nitro benzene ring substituents is 1. The molecule has 0 radical (unpaired) electrons. The van der Waals surface area contributed by atoms with Gasteiger partial charge in [0.2, 0.25) is 0 Å². The van der Waals surface area contributed by atoms with Crippen LogP contribution in [0, 0.1) is 10.1 Å². The molecule has 0 unspecified atom stereocenters. The lowest BCUT2D eigenvalue weighted by Gasteiger charge is -2.10. The number of benzene rings is 3. The number of carbonyl (C=O) groups is 1. The zero-order valence-corrected chi connectivity index (χ0v) is 19.9. The van der Waals surface area contributed by atoms with Crippen molar-refractivity contribution >= 4 is 45.5 Å². The Morgan fingerprint density at radius 3 is 2.44 bits per heavy atom. The first-order chi connectivity index (χ1) is 16.5. The molecule has 11 heteroatoms. The number of hydrogen-bond donors (Lipinski definition) is 1. The maximum absolute atomic E-state index is 12.3. The van der Waals surface area contributed by atoms with Crippen molar-refractivity contribution in [2.24, 2.45) is 5.10 Å². The van der Waals surface area contributed by atoms with E-state index in [0.29, 0.717) is 16.5 Å². The minimum atomic E-state index is -0.476. The normalized spacial score (nSPS) is 11.0. The van der Waals surface area contributed by atoms with Crippen LogP contribution in [0.4, 0.5) is 5.69 Å². The van der Waals surface area contributed by atoms with Gasteiger partial charge in [-0.1, -0.05) is 58.0 Å². The Bertz CT molecular complexity index is 1330. The van der Waals surface area contributed by atoms with E-state index in [9.17, 15) is 14.9 Å². The van der Waals surface area contributed by atoms with Gasteiger partial charge in [0.15, 0.2) is 11.0 Å². The molecule has 0 atom stereocenters. The summed E-state index contributed by atoms with van der Waals surface area (Å²) in [5, 5.41) is 23.9. The van der Waals surface area contributed by atoms with Crippen molar-refractivity contribution in [1.82, 2.24) is 20.2 Å². The van der Waals surface area contributed by atoms with Crippen LogP contribution in [0.1, 0.15) is 5.56 Å². The average Bonchev–Trinajstić information content (AvgIpc) is 3.28. The number of hydrogen-bond acceptors (Lipinski definition) is 7. The topological polar surface area (TPSA) is 115 Å². The number of aromatic nitrogens is 3. The fourth-order valence-electron chi connectivity index (χ4n) is 2.98. The fraction of sp³-hybridized carbons (Fsp3) is 0.0435. The summed E-state index contributed by atoms with van der Waals surface area (Å²) in [7, 11) is 0. The van der Waals surface area contributed by atoms with Crippen LogP contribution in [-0.4, -0.2) is 37.6 Å². The standard InChI is InChI=1S/C23H17BrN6O3S/c24-18-10-8-17(9-11-18)22-27-28-23(29(22)19-4-2-1-3-5-19)34-15-21(31)26-25-14-16-6-12-20(13-7-16)30(32)33/h1-14H,15H2,(H,26,31)/b25-14-. The summed E-state index contributed by atoms with van der Waals surface area (Å²) in [5.41, 5.74) is 4.84. The second kappa shape index (κ2) is 10.9. The third-order valence-corrected chi connectivity index (χ3v) is 6.05. The highest BCUT2D eigenvalue weighted by atomic mass is 79.9. The second-order valence-electron chi connectivity index (χ2n) is 6.91. The number of nitrogens with zero attached hydrogens (tertiary/aromatic N) is 5. The number of halogens is 1. The Kier molecular flexibility index (Phi) is 7.45. The van der Waals surface area contributed by atoms with Crippen LogP contribution in [0.3, 0.4) is 0 Å². The molecule has 0 aliphatic rings. The molecule has 1 heterocycles. The van der Waals surface area contributed by atoms with Crippen LogP contribution in [0.5, 0.6) is 0 Å². The first-order valence-electron chi connectivity index (χ1n) is 9.97. The predicted molar refractivity (Wildman–Crippen MR) is 134 cm³/mol. The molecule has 1 amide bonds. The van der Waals surface area contributed by atoms with E-state index in [4.69, 9.17) is 0 Å². The largest absolute Gasteiger partial charge is 0.272 e. The number of hydrazone groups is 1. The SMILES string of the molecule is O=C(CSc1nnc(-c2ccc(Br)cc2)n1-c1ccccc1)N/N=C\c1ccc([N+](=O)[O-])cc1. The highest BCUT2D eigenvalue weighted by Gasteiger charge is 2.17. The van der Waals surface area contributed by atoms with Gasteiger partial charge in [0.25, 0.3) is 11.6 Å². The summed E-state index contributed by atoms with van der Waals surface area (Å²) in [6.45, 7) is 0. The van der Waals surface area contributed by atoms with Crippen LogP contribution in [-0.2, 0) is 4.79 Å². The molecule has 4 rings (SSSR count). The van der Waals surface area contributed by atoms with Gasteiger partial charge in [-0.05, 0) is 42.0 Å². The zero-order valence-electron chi connectivity index (χ0n) is 17.5. The molecule has 170 valence electrons. The van der Waals surface area contributed by atoms with Gasteiger partial charge in [-0.2, -0.15) is 5.10 Å². The Morgan fingerprint density at radius 2 is 1.76 bits per heavy atom. The van der Waals surface area contributed by atoms with E-state index in [1.807, 2.05) is 59.2 Å². The van der Waals surface area contributed by atoms with Crippen molar-refractivity contribution in [3.63, 3.8) is 0 Å². The number of non-ortho nitro benzene ring substituents is 1. The van der Waals surface area contributed by atoms with E-state index in [0.717, 1.165) is 15.7 Å². The van der Waals surface area contributed by atoms with E-state index >= 15 is 0 Å². The lowest BCUT2D eigenvalue weighted by molar-refractivity contribution is -0.384. The molecule has 34 heavy (non-hydrogen) atoms. The molecular weight excluding hydrogens is 520 g/mol. The molecule has 3 aromatic carbocycles. The average molecular weight is 537 g/mol. The Morgan fingerprint density at radius 1 is 1.06 bits per heavy atom. The van der Waals surface area contributed by atoms with Gasteiger partial charge in [0, 0.05) is 27.9 Å². The maximum Gasteiger partial charge on any atom is 0.269 e. The van der Waals surface area contributed by atoms with E-state index < -0.39 is 4.92 Å². The van der Waals surface area contributed by atoms with Gasteiger partial charge in [-0.25, -0.2) is 5.43 Å². The van der Waals surface area contributed by atoms with Gasteiger partial charge in [-0.3, -0.25) is 19.5 Å². The summed E-state index contributed by atoms with van der Waals surface area (Å²) in [4.78, 5) is 22.6. The molecule has 0 fully saturated rings. The molecule has 9 nitrogen and oxygen atoms in total. The van der Waals surface area contributed by atoms with E-state index in [-0.39, 0.29) is 17.3 Å². The van der Waals surface area contributed by atoms with Crippen LogP contribution in [0.25, 0.3) is 17.1 Å². The molecular formula is C23H17BrN6O3S. The summed E-state index contributed by atoms with van der Waals surface area (Å²) < 4.78 is 2.86. The highest BCUT2D eigenvalue weighted by Crippen LogP contribution is 2.28. The Hall–Kier alpha value is -3.83. The quantitative estimate of drug-likeness (QED) is 0.149. The third kappa shape index (κ3) is 5.74. The highest BCUT2D eigenvalue weighted by molar-refractivity contribution is 9.10. The molecule has 4 aromatic rings. The molecule has 0 aliphatic carbocycles. The lowest BCUT2D eigenvalue weighted by Crippen LogP contribution is -2.20. The fourth-order valence-corrected chi connectivity index (χ4v) is 3.99. The smallest absolute Gasteiger partial charge is 0.269 e. The number of thioether (sulfide) groups is 1. The number of amides is 1. The van der Waals surface area contributed by atoms with Gasteiger partial charge in [-0.15, -0.1) is 10.2 Å². The minimum Gasteiger partial charge on any atom is -0.272 e. The van der Waals surface area contributed by atoms with Crippen molar-refractivity contribution in [3.8, 4) is 17.1 Å². The molecule has 0 bridgehead atoms. The summed E-state index contributed by atoms with van der Waals surface area (Å²) in [5.74, 6) is 0.414. The Labute approximate surface area is 207 Å². The van der Waals surface area contributed by atoms with Crippen LogP contribution >= 0.6 is 27.7 Å². The molecule has 0 saturated carbocycles. The number of nitrogens with one attached hydrogen (secondary N) is 1. The van der Waals surface area contributed by atoms with Crippen molar-refractivity contribution in [2.45, 2.75) is 5.16 Å². The van der Waals surface area contributed by atoms with Gasteiger partial charge >= 0.3 is 0 Å². The lowest BCUT2D eigenvalue weighted by atomic mass is 10.2. The van der Waals surface area contributed by atoms with Gasteiger partial charge in [0.1, 0.15) is 0 Å². The maximum atomic E-state index is 12.3. The van der Waals surface area contributed by atoms with Gasteiger partial charge in [0.05, 0.1) is 16.9 Å². The number of para-hydroxylation sites is 1. The number of rotatable bonds is 8. The van der Waals surface area contributed by atoms with Crippen molar-refractivity contribution in [2.75, 3.05) is 5.75 Å². The molecule has 0 saturated heterocycles. The summed E-state index contributed by atoms with van der Waals surface area (Å²) in [6, 6.07) is 23.3. The molecule has 1 N–H and O–H groups in total. The van der Waals surface area contributed by atoms with Crippen molar-refractivity contribution in [1.29, 1.82) is 0 Å². The monoisotopic (exact) mass is 536 g/mol. The summed E-state index contributed by atoms with van der Waals surface area (Å²) in [6.07, 6.45) is 1.42. The van der Waals surface area contributed by atoms with Crippen LogP contribution < -0.4 is 5.43 Å². The predicted octanol–water partition coefficient (Wildman–Crippen LogP) is 4.85.